The van der Waals surface area contributed by atoms with E-state index in [1.54, 1.807) is 0 Å². The summed E-state index contributed by atoms with van der Waals surface area (Å²) in [5.74, 6) is 0.354. The molecule has 3 atom stereocenters. The fraction of sp³-hybridized carbons (Fsp3) is 0.900. The lowest BCUT2D eigenvalue weighted by Crippen LogP contribution is -2.30. The number of ether oxygens (including phenoxy) is 3. The molecule has 0 bridgehead atoms. The molecule has 3 unspecified atom stereocenters. The first-order valence-corrected chi connectivity index (χ1v) is 5.12. The number of hydrogen-bond donors (Lipinski definition) is 0. The Morgan fingerprint density at radius 3 is 3.00 bits per heavy atom. The van der Waals surface area contributed by atoms with Crippen molar-refractivity contribution in [2.45, 2.75) is 31.7 Å². The molecule has 0 aliphatic carbocycles. The molecule has 4 heteroatoms. The highest BCUT2D eigenvalue weighted by Crippen LogP contribution is 2.26. The molecule has 2 heterocycles. The molecule has 0 aromatic rings. The van der Waals surface area contributed by atoms with Crippen LogP contribution in [-0.2, 0) is 14.2 Å². The van der Waals surface area contributed by atoms with Crippen LogP contribution in [0.5, 0.6) is 0 Å². The molecule has 2 saturated heterocycles. The summed E-state index contributed by atoms with van der Waals surface area (Å²) in [4.78, 5) is 0. The van der Waals surface area contributed by atoms with Gasteiger partial charge in [0.2, 0.25) is 0 Å². The average Bonchev–Trinajstić information content (AvgIpc) is 2.68. The summed E-state index contributed by atoms with van der Waals surface area (Å²) >= 11 is 0. The summed E-state index contributed by atoms with van der Waals surface area (Å²) in [6.07, 6.45) is 2.42. The molecule has 0 aromatic heterocycles. The standard InChI is InChI=1S/C10H15NO3/c11-4-3-9-7-13-10(14-9)8-2-1-5-12-6-8/h8-10H,1-3,5-7H2. The molecular weight excluding hydrogens is 182 g/mol. The molecule has 2 aliphatic heterocycles. The Labute approximate surface area is 83.7 Å². The first-order chi connectivity index (χ1) is 6.90. The minimum Gasteiger partial charge on any atom is -0.381 e. The third kappa shape index (κ3) is 2.24. The maximum Gasteiger partial charge on any atom is 0.163 e. The Balaban J connectivity index is 1.79. The van der Waals surface area contributed by atoms with Crippen LogP contribution in [0.2, 0.25) is 0 Å². The van der Waals surface area contributed by atoms with E-state index in [9.17, 15) is 0 Å². The molecule has 0 radical (unpaired) electrons. The Bertz CT molecular complexity index is 220. The summed E-state index contributed by atoms with van der Waals surface area (Å²) in [6, 6.07) is 2.10. The van der Waals surface area contributed by atoms with Crippen molar-refractivity contribution in [2.24, 2.45) is 5.92 Å². The lowest BCUT2D eigenvalue weighted by molar-refractivity contribution is -0.128. The predicted octanol–water partition coefficient (Wildman–Crippen LogP) is 1.07. The van der Waals surface area contributed by atoms with E-state index in [1.165, 1.54) is 0 Å². The smallest absolute Gasteiger partial charge is 0.163 e. The molecule has 2 rings (SSSR count). The molecule has 14 heavy (non-hydrogen) atoms. The fourth-order valence-corrected chi connectivity index (χ4v) is 1.91. The van der Waals surface area contributed by atoms with E-state index in [0.29, 0.717) is 18.9 Å². The van der Waals surface area contributed by atoms with E-state index in [1.807, 2.05) is 0 Å². The number of nitriles is 1. The minimum absolute atomic E-state index is 0.0353. The van der Waals surface area contributed by atoms with Gasteiger partial charge in [-0.05, 0) is 12.8 Å². The van der Waals surface area contributed by atoms with Gasteiger partial charge in [-0.25, -0.2) is 0 Å². The Morgan fingerprint density at radius 1 is 1.36 bits per heavy atom. The lowest BCUT2D eigenvalue weighted by atomic mass is 10.0. The van der Waals surface area contributed by atoms with Crippen LogP contribution in [0.4, 0.5) is 0 Å². The van der Waals surface area contributed by atoms with Gasteiger partial charge >= 0.3 is 0 Å². The Kier molecular flexibility index (Phi) is 3.35. The first kappa shape index (κ1) is 9.91. The third-order valence-corrected chi connectivity index (χ3v) is 2.67. The van der Waals surface area contributed by atoms with Gasteiger partial charge < -0.3 is 14.2 Å². The Morgan fingerprint density at radius 2 is 2.29 bits per heavy atom. The van der Waals surface area contributed by atoms with Crippen LogP contribution in [-0.4, -0.2) is 32.2 Å². The summed E-state index contributed by atoms with van der Waals surface area (Å²) in [5, 5.41) is 8.51. The van der Waals surface area contributed by atoms with Gasteiger partial charge in [0, 0.05) is 12.5 Å². The maximum absolute atomic E-state index is 8.51. The molecule has 0 aromatic carbocycles. The molecule has 2 aliphatic rings. The van der Waals surface area contributed by atoms with Crippen molar-refractivity contribution in [1.82, 2.24) is 0 Å². The zero-order valence-electron chi connectivity index (χ0n) is 8.15. The lowest BCUT2D eigenvalue weighted by Gasteiger charge is -2.26. The molecule has 4 nitrogen and oxygen atoms in total. The average molecular weight is 197 g/mol. The van der Waals surface area contributed by atoms with E-state index >= 15 is 0 Å². The zero-order valence-corrected chi connectivity index (χ0v) is 8.15. The summed E-state index contributed by atoms with van der Waals surface area (Å²) < 4.78 is 16.5. The van der Waals surface area contributed by atoms with Crippen LogP contribution in [0.3, 0.4) is 0 Å². The third-order valence-electron chi connectivity index (χ3n) is 2.67. The minimum atomic E-state index is -0.145. The molecule has 0 saturated carbocycles. The summed E-state index contributed by atoms with van der Waals surface area (Å²) in [7, 11) is 0. The van der Waals surface area contributed by atoms with E-state index in [-0.39, 0.29) is 12.4 Å². The van der Waals surface area contributed by atoms with Gasteiger partial charge in [0.1, 0.15) is 0 Å². The second kappa shape index (κ2) is 4.74. The normalized spacial score (nSPS) is 38.1. The van der Waals surface area contributed by atoms with E-state index in [2.05, 4.69) is 6.07 Å². The van der Waals surface area contributed by atoms with Crippen LogP contribution in [0.15, 0.2) is 0 Å². The second-order valence-electron chi connectivity index (χ2n) is 3.80. The van der Waals surface area contributed by atoms with Gasteiger partial charge in [0.15, 0.2) is 6.29 Å². The topological polar surface area (TPSA) is 51.5 Å². The van der Waals surface area contributed by atoms with Crippen LogP contribution in [0.1, 0.15) is 19.3 Å². The molecule has 0 spiro atoms. The molecule has 2 fully saturated rings. The SMILES string of the molecule is N#CCC1COC(C2CCCOC2)O1. The summed E-state index contributed by atoms with van der Waals surface area (Å²) in [6.45, 7) is 2.13. The monoisotopic (exact) mass is 197 g/mol. The van der Waals surface area contributed by atoms with E-state index < -0.39 is 0 Å². The van der Waals surface area contributed by atoms with Crippen LogP contribution in [0, 0.1) is 17.2 Å². The largest absolute Gasteiger partial charge is 0.381 e. The van der Waals surface area contributed by atoms with Crippen molar-refractivity contribution in [1.29, 1.82) is 5.26 Å². The van der Waals surface area contributed by atoms with Crippen molar-refractivity contribution in [2.75, 3.05) is 19.8 Å². The Hall–Kier alpha value is -0.630. The van der Waals surface area contributed by atoms with Crippen molar-refractivity contribution in [3.05, 3.63) is 0 Å². The maximum atomic E-state index is 8.51. The van der Waals surface area contributed by atoms with Crippen molar-refractivity contribution >= 4 is 0 Å². The van der Waals surface area contributed by atoms with Crippen LogP contribution >= 0.6 is 0 Å². The van der Waals surface area contributed by atoms with E-state index in [0.717, 1.165) is 26.1 Å². The highest BCUT2D eigenvalue weighted by Gasteiger charge is 2.33. The van der Waals surface area contributed by atoms with Gasteiger partial charge in [-0.2, -0.15) is 5.26 Å². The second-order valence-corrected chi connectivity index (χ2v) is 3.80. The van der Waals surface area contributed by atoms with Gasteiger partial charge in [-0.3, -0.25) is 0 Å². The van der Waals surface area contributed by atoms with Gasteiger partial charge in [-0.1, -0.05) is 0 Å². The summed E-state index contributed by atoms with van der Waals surface area (Å²) in [5.41, 5.74) is 0. The highest BCUT2D eigenvalue weighted by molar-refractivity contribution is 4.81. The zero-order chi connectivity index (χ0) is 9.80. The van der Waals surface area contributed by atoms with Crippen molar-refractivity contribution in [3.63, 3.8) is 0 Å². The quantitative estimate of drug-likeness (QED) is 0.664. The van der Waals surface area contributed by atoms with Crippen LogP contribution in [0.25, 0.3) is 0 Å². The fourth-order valence-electron chi connectivity index (χ4n) is 1.91. The van der Waals surface area contributed by atoms with Crippen molar-refractivity contribution < 1.29 is 14.2 Å². The van der Waals surface area contributed by atoms with E-state index in [4.69, 9.17) is 19.5 Å². The van der Waals surface area contributed by atoms with Crippen LogP contribution < -0.4 is 0 Å². The molecule has 78 valence electrons. The first-order valence-electron chi connectivity index (χ1n) is 5.12. The number of hydrogen-bond acceptors (Lipinski definition) is 4. The molecular formula is C10H15NO3. The van der Waals surface area contributed by atoms with Gasteiger partial charge in [0.25, 0.3) is 0 Å². The van der Waals surface area contributed by atoms with Gasteiger partial charge in [-0.15, -0.1) is 0 Å². The number of nitrogens with zero attached hydrogens (tertiary/aromatic N) is 1. The number of rotatable bonds is 2. The van der Waals surface area contributed by atoms with Crippen molar-refractivity contribution in [3.8, 4) is 6.07 Å². The molecule has 0 amide bonds. The molecule has 0 N–H and O–H groups in total. The highest BCUT2D eigenvalue weighted by atomic mass is 16.7. The predicted molar refractivity (Wildman–Crippen MR) is 48.4 cm³/mol. The van der Waals surface area contributed by atoms with Gasteiger partial charge in [0.05, 0.1) is 31.8 Å².